The summed E-state index contributed by atoms with van der Waals surface area (Å²) in [7, 11) is 0. The van der Waals surface area contributed by atoms with Crippen molar-refractivity contribution in [2.24, 2.45) is 0 Å². The molecule has 2 aromatic rings. The molecule has 1 heterocycles. The SMILES string of the molecule is O=C(Nc1ccc(-c2ccccc2)cc1)C(O)C(O)C(=O)N1CCCC1. The number of nitrogens with zero attached hydrogens (tertiary/aromatic N) is 1. The zero-order chi connectivity index (χ0) is 18.5. The Morgan fingerprint density at radius 1 is 0.846 bits per heavy atom. The van der Waals surface area contributed by atoms with E-state index < -0.39 is 24.0 Å². The highest BCUT2D eigenvalue weighted by molar-refractivity contribution is 5.98. The Morgan fingerprint density at radius 3 is 2.04 bits per heavy atom. The van der Waals surface area contributed by atoms with Crippen molar-refractivity contribution in [2.45, 2.75) is 25.0 Å². The van der Waals surface area contributed by atoms with Crippen LogP contribution in [0.3, 0.4) is 0 Å². The second-order valence-electron chi connectivity index (χ2n) is 6.35. The first-order valence-electron chi connectivity index (χ1n) is 8.67. The van der Waals surface area contributed by atoms with E-state index in [1.807, 2.05) is 42.5 Å². The van der Waals surface area contributed by atoms with E-state index in [4.69, 9.17) is 0 Å². The number of nitrogens with one attached hydrogen (secondary N) is 1. The number of hydrogen-bond acceptors (Lipinski definition) is 4. The van der Waals surface area contributed by atoms with Gasteiger partial charge in [0.15, 0.2) is 12.2 Å². The van der Waals surface area contributed by atoms with Crippen LogP contribution in [0.15, 0.2) is 54.6 Å². The first-order valence-corrected chi connectivity index (χ1v) is 8.67. The van der Waals surface area contributed by atoms with Gasteiger partial charge in [0.1, 0.15) is 0 Å². The van der Waals surface area contributed by atoms with Crippen LogP contribution in [-0.2, 0) is 9.59 Å². The molecule has 6 nitrogen and oxygen atoms in total. The molecule has 0 aliphatic carbocycles. The Morgan fingerprint density at radius 2 is 1.42 bits per heavy atom. The third-order valence-corrected chi connectivity index (χ3v) is 4.50. The maximum atomic E-state index is 12.1. The first-order chi connectivity index (χ1) is 12.6. The fourth-order valence-electron chi connectivity index (χ4n) is 3.00. The predicted molar refractivity (Wildman–Crippen MR) is 98.3 cm³/mol. The molecule has 1 aliphatic heterocycles. The maximum Gasteiger partial charge on any atom is 0.256 e. The minimum absolute atomic E-state index is 0.481. The lowest BCUT2D eigenvalue weighted by molar-refractivity contribution is -0.150. The molecule has 1 fully saturated rings. The van der Waals surface area contributed by atoms with Gasteiger partial charge in [0, 0.05) is 18.8 Å². The number of carbonyl (C=O) groups excluding carboxylic acids is 2. The zero-order valence-electron chi connectivity index (χ0n) is 14.3. The smallest absolute Gasteiger partial charge is 0.256 e. The molecule has 6 heteroatoms. The number of rotatable bonds is 5. The molecule has 0 bridgehead atoms. The number of aliphatic hydroxyl groups excluding tert-OH is 2. The van der Waals surface area contributed by atoms with E-state index in [0.717, 1.165) is 24.0 Å². The van der Waals surface area contributed by atoms with E-state index in [1.54, 1.807) is 12.1 Å². The monoisotopic (exact) mass is 354 g/mol. The number of anilines is 1. The van der Waals surface area contributed by atoms with Gasteiger partial charge in [-0.2, -0.15) is 0 Å². The summed E-state index contributed by atoms with van der Waals surface area (Å²) in [6, 6.07) is 16.9. The lowest BCUT2D eigenvalue weighted by Crippen LogP contribution is -2.48. The molecule has 0 aromatic heterocycles. The van der Waals surface area contributed by atoms with Crippen LogP contribution in [0.1, 0.15) is 12.8 Å². The Kier molecular flexibility index (Phi) is 5.65. The molecule has 1 saturated heterocycles. The molecule has 26 heavy (non-hydrogen) atoms. The normalized spacial score (nSPS) is 16.2. The lowest BCUT2D eigenvalue weighted by atomic mass is 10.1. The van der Waals surface area contributed by atoms with Crippen LogP contribution >= 0.6 is 0 Å². The number of carbonyl (C=O) groups is 2. The number of amides is 2. The van der Waals surface area contributed by atoms with E-state index in [9.17, 15) is 19.8 Å². The van der Waals surface area contributed by atoms with Gasteiger partial charge in [0.05, 0.1) is 0 Å². The van der Waals surface area contributed by atoms with Gasteiger partial charge in [0.2, 0.25) is 0 Å². The average molecular weight is 354 g/mol. The number of benzene rings is 2. The number of aliphatic hydroxyl groups is 2. The van der Waals surface area contributed by atoms with Crippen molar-refractivity contribution in [1.82, 2.24) is 4.90 Å². The highest BCUT2D eigenvalue weighted by Gasteiger charge is 2.34. The van der Waals surface area contributed by atoms with Crippen molar-refractivity contribution in [2.75, 3.05) is 18.4 Å². The van der Waals surface area contributed by atoms with Gasteiger partial charge >= 0.3 is 0 Å². The van der Waals surface area contributed by atoms with Gasteiger partial charge in [-0.05, 0) is 36.1 Å². The molecule has 0 radical (unpaired) electrons. The number of likely N-dealkylation sites (tertiary alicyclic amines) is 1. The summed E-state index contributed by atoms with van der Waals surface area (Å²) in [5, 5.41) is 22.5. The van der Waals surface area contributed by atoms with Crippen LogP contribution in [-0.4, -0.2) is 52.2 Å². The van der Waals surface area contributed by atoms with E-state index in [1.165, 1.54) is 4.90 Å². The summed E-state index contributed by atoms with van der Waals surface area (Å²) in [6.45, 7) is 1.09. The molecule has 2 atom stereocenters. The molecule has 1 aliphatic rings. The van der Waals surface area contributed by atoms with Crippen LogP contribution in [0, 0.1) is 0 Å². The van der Waals surface area contributed by atoms with Crippen LogP contribution in [0.4, 0.5) is 5.69 Å². The fraction of sp³-hybridized carbons (Fsp3) is 0.300. The number of hydrogen-bond donors (Lipinski definition) is 3. The van der Waals surface area contributed by atoms with Crippen molar-refractivity contribution < 1.29 is 19.8 Å². The van der Waals surface area contributed by atoms with Crippen molar-refractivity contribution in [3.8, 4) is 11.1 Å². The Balaban J connectivity index is 1.61. The lowest BCUT2D eigenvalue weighted by Gasteiger charge is -2.22. The van der Waals surface area contributed by atoms with Gasteiger partial charge in [-0.1, -0.05) is 42.5 Å². The standard InChI is InChI=1S/C20H22N2O4/c23-17(18(24)20(26)22-12-4-5-13-22)19(25)21-16-10-8-15(9-11-16)14-6-2-1-3-7-14/h1-3,6-11,17-18,23-24H,4-5,12-13H2,(H,21,25). The quantitative estimate of drug-likeness (QED) is 0.761. The second kappa shape index (κ2) is 8.12. The highest BCUT2D eigenvalue weighted by atomic mass is 16.3. The van der Waals surface area contributed by atoms with Crippen LogP contribution in [0.25, 0.3) is 11.1 Å². The van der Waals surface area contributed by atoms with Crippen LogP contribution < -0.4 is 5.32 Å². The molecular weight excluding hydrogens is 332 g/mol. The summed E-state index contributed by atoms with van der Waals surface area (Å²) in [5.41, 5.74) is 2.53. The van der Waals surface area contributed by atoms with Gasteiger partial charge in [0.25, 0.3) is 11.8 Å². The van der Waals surface area contributed by atoms with E-state index in [-0.39, 0.29) is 0 Å². The summed E-state index contributed by atoms with van der Waals surface area (Å²) < 4.78 is 0. The van der Waals surface area contributed by atoms with Crippen molar-refractivity contribution in [3.05, 3.63) is 54.6 Å². The molecule has 136 valence electrons. The predicted octanol–water partition coefficient (Wildman–Crippen LogP) is 1.64. The minimum atomic E-state index is -1.81. The van der Waals surface area contributed by atoms with Crippen LogP contribution in [0.2, 0.25) is 0 Å². The summed E-state index contributed by atoms with van der Waals surface area (Å²) in [4.78, 5) is 25.7. The average Bonchev–Trinajstić information content (AvgIpc) is 3.22. The van der Waals surface area contributed by atoms with Gasteiger partial charge in [-0.15, -0.1) is 0 Å². The fourth-order valence-corrected chi connectivity index (χ4v) is 3.00. The zero-order valence-corrected chi connectivity index (χ0v) is 14.3. The maximum absolute atomic E-state index is 12.1. The molecule has 0 saturated carbocycles. The molecule has 2 aromatic carbocycles. The highest BCUT2D eigenvalue weighted by Crippen LogP contribution is 2.21. The Hall–Kier alpha value is -2.70. The van der Waals surface area contributed by atoms with Crippen molar-refractivity contribution >= 4 is 17.5 Å². The third-order valence-electron chi connectivity index (χ3n) is 4.50. The third kappa shape index (κ3) is 4.09. The van der Waals surface area contributed by atoms with E-state index in [0.29, 0.717) is 18.8 Å². The Bertz CT molecular complexity index is 755. The summed E-state index contributed by atoms with van der Waals surface area (Å²) >= 11 is 0. The first kappa shape index (κ1) is 18.1. The molecule has 3 rings (SSSR count). The van der Waals surface area contributed by atoms with Gasteiger partial charge < -0.3 is 20.4 Å². The molecule has 2 unspecified atom stereocenters. The molecular formula is C20H22N2O4. The summed E-state index contributed by atoms with van der Waals surface area (Å²) in [5.74, 6) is -1.41. The van der Waals surface area contributed by atoms with Gasteiger partial charge in [-0.3, -0.25) is 9.59 Å². The second-order valence-corrected chi connectivity index (χ2v) is 6.35. The molecule has 2 amide bonds. The van der Waals surface area contributed by atoms with Crippen LogP contribution in [0.5, 0.6) is 0 Å². The van der Waals surface area contributed by atoms with E-state index >= 15 is 0 Å². The largest absolute Gasteiger partial charge is 0.380 e. The van der Waals surface area contributed by atoms with Crippen molar-refractivity contribution in [3.63, 3.8) is 0 Å². The topological polar surface area (TPSA) is 89.9 Å². The van der Waals surface area contributed by atoms with Gasteiger partial charge in [-0.25, -0.2) is 0 Å². The minimum Gasteiger partial charge on any atom is -0.380 e. The van der Waals surface area contributed by atoms with E-state index in [2.05, 4.69) is 5.32 Å². The molecule has 0 spiro atoms. The summed E-state index contributed by atoms with van der Waals surface area (Å²) in [6.07, 6.45) is -1.82. The molecule has 3 N–H and O–H groups in total. The Labute approximate surface area is 152 Å². The van der Waals surface area contributed by atoms with Crippen molar-refractivity contribution in [1.29, 1.82) is 0 Å².